The number of alkyl carbamates (subject to hydrolysis) is 1. The molecule has 6 nitrogen and oxygen atoms in total. The minimum Gasteiger partial charge on any atom is -0.444 e. The maximum absolute atomic E-state index is 12.4. The van der Waals surface area contributed by atoms with E-state index >= 15 is 0 Å². The molecule has 0 spiro atoms. The minimum absolute atomic E-state index is 0.00266. The van der Waals surface area contributed by atoms with Crippen LogP contribution in [-0.2, 0) is 14.3 Å². The van der Waals surface area contributed by atoms with Crippen molar-refractivity contribution in [2.45, 2.75) is 45.3 Å². The van der Waals surface area contributed by atoms with Crippen LogP contribution >= 0.6 is 0 Å². The number of hydrogen-bond acceptors (Lipinski definition) is 4. The van der Waals surface area contributed by atoms with Crippen molar-refractivity contribution in [3.05, 3.63) is 0 Å². The van der Waals surface area contributed by atoms with Gasteiger partial charge >= 0.3 is 6.09 Å². The third kappa shape index (κ3) is 3.85. The molecule has 1 N–H and O–H groups in total. The molecule has 0 aromatic carbocycles. The molecular formula is C14H24N2O4. The highest BCUT2D eigenvalue weighted by molar-refractivity contribution is 5.86. The lowest BCUT2D eigenvalue weighted by Crippen LogP contribution is -2.51. The molecule has 0 saturated carbocycles. The van der Waals surface area contributed by atoms with Gasteiger partial charge in [-0.05, 0) is 18.8 Å². The zero-order chi connectivity index (χ0) is 14.5. The third-order valence-corrected chi connectivity index (χ3v) is 3.79. The first kappa shape index (κ1) is 15.1. The van der Waals surface area contributed by atoms with Gasteiger partial charge in [-0.15, -0.1) is 0 Å². The average Bonchev–Trinajstić information content (AvgIpc) is 3.07. The fraction of sp³-hybridized carbons (Fsp3) is 0.857. The molecule has 2 aliphatic rings. The lowest BCUT2D eigenvalue weighted by Gasteiger charge is -2.26. The zero-order valence-electron chi connectivity index (χ0n) is 12.3. The molecule has 0 aromatic heterocycles. The van der Waals surface area contributed by atoms with Gasteiger partial charge in [0, 0.05) is 19.5 Å². The van der Waals surface area contributed by atoms with Gasteiger partial charge in [0.2, 0.25) is 5.91 Å². The second-order valence-electron chi connectivity index (χ2n) is 5.79. The second kappa shape index (κ2) is 6.92. The molecule has 2 fully saturated rings. The van der Waals surface area contributed by atoms with Crippen LogP contribution in [0, 0.1) is 5.92 Å². The van der Waals surface area contributed by atoms with Crippen molar-refractivity contribution < 1.29 is 19.1 Å². The van der Waals surface area contributed by atoms with Crippen molar-refractivity contribution in [3.63, 3.8) is 0 Å². The van der Waals surface area contributed by atoms with E-state index in [2.05, 4.69) is 5.32 Å². The number of likely N-dealkylation sites (tertiary alicyclic amines) is 1. The van der Waals surface area contributed by atoms with Crippen LogP contribution in [0.15, 0.2) is 0 Å². The van der Waals surface area contributed by atoms with E-state index in [-0.39, 0.29) is 17.9 Å². The Morgan fingerprint density at radius 1 is 1.30 bits per heavy atom. The number of rotatable bonds is 4. The Bertz CT molecular complexity index is 347. The normalized spacial score (nSPS) is 23.9. The predicted octanol–water partition coefficient (Wildman–Crippen LogP) is 1.15. The molecule has 6 heteroatoms. The van der Waals surface area contributed by atoms with Crippen LogP contribution in [0.5, 0.6) is 0 Å². The zero-order valence-corrected chi connectivity index (χ0v) is 12.3. The van der Waals surface area contributed by atoms with Gasteiger partial charge in [0.15, 0.2) is 0 Å². The summed E-state index contributed by atoms with van der Waals surface area (Å²) < 4.78 is 10.4. The molecule has 0 aliphatic carbocycles. The third-order valence-electron chi connectivity index (χ3n) is 3.79. The number of amides is 2. The first-order valence-corrected chi connectivity index (χ1v) is 7.41. The molecular weight excluding hydrogens is 260 g/mol. The van der Waals surface area contributed by atoms with Gasteiger partial charge in [-0.1, -0.05) is 13.8 Å². The van der Waals surface area contributed by atoms with E-state index in [1.807, 2.05) is 18.7 Å². The number of carbonyl (C=O) groups excluding carboxylic acids is 2. The molecule has 0 bridgehead atoms. The van der Waals surface area contributed by atoms with Crippen LogP contribution in [0.2, 0.25) is 0 Å². The van der Waals surface area contributed by atoms with Gasteiger partial charge in [0.05, 0.1) is 13.2 Å². The number of carbonyl (C=O) groups is 2. The fourth-order valence-corrected chi connectivity index (χ4v) is 2.57. The first-order valence-electron chi connectivity index (χ1n) is 7.41. The summed E-state index contributed by atoms with van der Waals surface area (Å²) in [5, 5.41) is 2.71. The van der Waals surface area contributed by atoms with E-state index in [1.165, 1.54) is 0 Å². The van der Waals surface area contributed by atoms with Crippen molar-refractivity contribution in [1.82, 2.24) is 10.2 Å². The van der Waals surface area contributed by atoms with Gasteiger partial charge in [-0.25, -0.2) is 4.79 Å². The van der Waals surface area contributed by atoms with Crippen molar-refractivity contribution in [2.24, 2.45) is 5.92 Å². The van der Waals surface area contributed by atoms with E-state index in [4.69, 9.17) is 9.47 Å². The van der Waals surface area contributed by atoms with E-state index in [0.717, 1.165) is 32.4 Å². The number of nitrogens with zero attached hydrogens (tertiary/aromatic N) is 1. The lowest BCUT2D eigenvalue weighted by molar-refractivity contribution is -0.133. The molecule has 2 amide bonds. The summed E-state index contributed by atoms with van der Waals surface area (Å²) >= 11 is 0. The maximum Gasteiger partial charge on any atom is 0.408 e. The average molecular weight is 284 g/mol. The predicted molar refractivity (Wildman–Crippen MR) is 73.3 cm³/mol. The van der Waals surface area contributed by atoms with Gasteiger partial charge in [0.25, 0.3) is 0 Å². The molecule has 0 radical (unpaired) electrons. The number of hydrogen-bond donors (Lipinski definition) is 1. The molecule has 2 saturated heterocycles. The lowest BCUT2D eigenvalue weighted by atomic mass is 10.0. The highest BCUT2D eigenvalue weighted by atomic mass is 16.6. The highest BCUT2D eigenvalue weighted by Crippen LogP contribution is 2.14. The molecule has 2 atom stereocenters. The number of ether oxygens (including phenoxy) is 2. The first-order chi connectivity index (χ1) is 9.58. The van der Waals surface area contributed by atoms with Gasteiger partial charge in [0.1, 0.15) is 12.1 Å². The number of nitrogens with one attached hydrogen (secondary N) is 1. The Hall–Kier alpha value is -1.30. The van der Waals surface area contributed by atoms with Crippen LogP contribution in [0.4, 0.5) is 4.79 Å². The second-order valence-corrected chi connectivity index (χ2v) is 5.79. The minimum atomic E-state index is -0.522. The van der Waals surface area contributed by atoms with Crippen molar-refractivity contribution in [1.29, 1.82) is 0 Å². The van der Waals surface area contributed by atoms with Crippen molar-refractivity contribution >= 4 is 12.0 Å². The van der Waals surface area contributed by atoms with Crippen LogP contribution in [-0.4, -0.2) is 55.3 Å². The summed E-state index contributed by atoms with van der Waals surface area (Å²) in [6, 6.07) is -0.511. The molecule has 2 aliphatic heterocycles. The van der Waals surface area contributed by atoms with E-state index in [1.54, 1.807) is 0 Å². The quantitative estimate of drug-likeness (QED) is 0.841. The highest BCUT2D eigenvalue weighted by Gasteiger charge is 2.31. The van der Waals surface area contributed by atoms with Crippen molar-refractivity contribution in [3.8, 4) is 0 Å². The topological polar surface area (TPSA) is 67.9 Å². The van der Waals surface area contributed by atoms with Crippen LogP contribution < -0.4 is 5.32 Å². The Kier molecular flexibility index (Phi) is 5.23. The molecule has 0 aromatic rings. The van der Waals surface area contributed by atoms with Gasteiger partial charge in [-0.2, -0.15) is 0 Å². The fourth-order valence-electron chi connectivity index (χ4n) is 2.57. The SMILES string of the molecule is CC(C)C(NC(=O)OC1CCOC1)C(=O)N1CCCC1. The molecule has 20 heavy (non-hydrogen) atoms. The van der Waals surface area contributed by atoms with Crippen LogP contribution in [0.3, 0.4) is 0 Å². The monoisotopic (exact) mass is 284 g/mol. The smallest absolute Gasteiger partial charge is 0.408 e. The summed E-state index contributed by atoms with van der Waals surface area (Å²) in [6.07, 6.45) is 2.09. The Morgan fingerprint density at radius 3 is 2.55 bits per heavy atom. The largest absolute Gasteiger partial charge is 0.444 e. The van der Waals surface area contributed by atoms with E-state index < -0.39 is 12.1 Å². The Balaban J connectivity index is 1.87. The Morgan fingerprint density at radius 2 is 2.00 bits per heavy atom. The van der Waals surface area contributed by atoms with E-state index in [9.17, 15) is 9.59 Å². The van der Waals surface area contributed by atoms with Gasteiger partial charge < -0.3 is 19.7 Å². The Labute approximate surface area is 119 Å². The summed E-state index contributed by atoms with van der Waals surface area (Å²) in [6.45, 7) is 6.50. The molecule has 114 valence electrons. The van der Waals surface area contributed by atoms with Crippen molar-refractivity contribution in [2.75, 3.05) is 26.3 Å². The van der Waals surface area contributed by atoms with Gasteiger partial charge in [-0.3, -0.25) is 4.79 Å². The summed E-state index contributed by atoms with van der Waals surface area (Å²) in [5.41, 5.74) is 0. The molecule has 2 unspecified atom stereocenters. The summed E-state index contributed by atoms with van der Waals surface area (Å²) in [4.78, 5) is 26.1. The van der Waals surface area contributed by atoms with E-state index in [0.29, 0.717) is 13.2 Å². The molecule has 2 rings (SSSR count). The summed E-state index contributed by atoms with van der Waals surface area (Å²) in [7, 11) is 0. The molecule has 2 heterocycles. The maximum atomic E-state index is 12.4. The standard InChI is InChI=1S/C14H24N2O4/c1-10(2)12(13(17)16-6-3-4-7-16)15-14(18)20-11-5-8-19-9-11/h10-12H,3-9H2,1-2H3,(H,15,18). The van der Waals surface area contributed by atoms with Crippen LogP contribution in [0.25, 0.3) is 0 Å². The van der Waals surface area contributed by atoms with Crippen LogP contribution in [0.1, 0.15) is 33.1 Å². The summed E-state index contributed by atoms with van der Waals surface area (Å²) in [5.74, 6) is 0.0348.